The van der Waals surface area contributed by atoms with E-state index in [0.717, 1.165) is 12.2 Å². The van der Waals surface area contributed by atoms with Crippen LogP contribution in [0.15, 0.2) is 18.2 Å². The molecule has 0 bridgehead atoms. The third-order valence-corrected chi connectivity index (χ3v) is 2.33. The second-order valence-electron chi connectivity index (χ2n) is 3.30. The molecule has 90 valence electrons. The molecular formula is C12H17F2NO. The Hall–Kier alpha value is -1.32. The normalized spacial score (nSPS) is 13.8. The summed E-state index contributed by atoms with van der Waals surface area (Å²) in [7, 11) is 1.87. The molecule has 0 saturated heterocycles. The Balaban J connectivity index is 0.000000606. The summed E-state index contributed by atoms with van der Waals surface area (Å²) < 4.78 is 30.2. The van der Waals surface area contributed by atoms with Gasteiger partial charge in [0.15, 0.2) is 0 Å². The molecule has 2 rings (SSSR count). The molecule has 0 aliphatic carbocycles. The number of benzene rings is 1. The van der Waals surface area contributed by atoms with Crippen molar-refractivity contribution in [2.75, 3.05) is 25.1 Å². The van der Waals surface area contributed by atoms with Gasteiger partial charge in [0.2, 0.25) is 0 Å². The Morgan fingerprint density at radius 3 is 2.62 bits per heavy atom. The molecule has 1 aliphatic rings. The van der Waals surface area contributed by atoms with Crippen LogP contribution >= 0.6 is 0 Å². The topological polar surface area (TPSA) is 12.5 Å². The van der Waals surface area contributed by atoms with E-state index in [4.69, 9.17) is 4.74 Å². The summed E-state index contributed by atoms with van der Waals surface area (Å²) in [6.45, 7) is 5.34. The predicted molar refractivity (Wildman–Crippen MR) is 61.5 cm³/mol. The quantitative estimate of drug-likeness (QED) is 0.731. The van der Waals surface area contributed by atoms with Crippen molar-refractivity contribution in [1.82, 2.24) is 0 Å². The average Bonchev–Trinajstić information content (AvgIpc) is 2.32. The van der Waals surface area contributed by atoms with Crippen LogP contribution in [0.1, 0.15) is 25.8 Å². The Morgan fingerprint density at radius 2 is 2.00 bits per heavy atom. The highest BCUT2D eigenvalue weighted by atomic mass is 19.3. The zero-order valence-corrected chi connectivity index (χ0v) is 9.84. The minimum absolute atomic E-state index is 0.0427. The molecular weight excluding hydrogens is 212 g/mol. The molecule has 0 atom stereocenters. The summed E-state index contributed by atoms with van der Waals surface area (Å²) in [6, 6.07) is 4.49. The molecule has 0 spiro atoms. The first-order valence-corrected chi connectivity index (χ1v) is 5.44. The van der Waals surface area contributed by atoms with Gasteiger partial charge in [0.25, 0.3) is 6.43 Å². The third-order valence-electron chi connectivity index (χ3n) is 2.33. The molecule has 2 nitrogen and oxygen atoms in total. The van der Waals surface area contributed by atoms with Gasteiger partial charge in [0.05, 0.1) is 12.2 Å². The number of anilines is 1. The van der Waals surface area contributed by atoms with Crippen LogP contribution < -0.4 is 9.64 Å². The molecule has 1 aliphatic heterocycles. The summed E-state index contributed by atoms with van der Waals surface area (Å²) in [5.74, 6) is 0.683. The predicted octanol–water partition coefficient (Wildman–Crippen LogP) is 3.48. The standard InChI is InChI=1S/C10H11F2NO.C2H6/c1-13-4-5-14-9-3-2-7(10(11)12)6-8(9)13;1-2/h2-3,6,10H,4-5H2,1H3;1-2H3. The summed E-state index contributed by atoms with van der Waals surface area (Å²) >= 11 is 0. The highest BCUT2D eigenvalue weighted by Crippen LogP contribution is 2.34. The lowest BCUT2D eigenvalue weighted by molar-refractivity contribution is 0.151. The van der Waals surface area contributed by atoms with Crippen LogP contribution in [0.2, 0.25) is 0 Å². The smallest absolute Gasteiger partial charge is 0.263 e. The maximum Gasteiger partial charge on any atom is 0.263 e. The van der Waals surface area contributed by atoms with Crippen LogP contribution in [-0.4, -0.2) is 20.2 Å². The first-order valence-electron chi connectivity index (χ1n) is 5.44. The number of hydrogen-bond acceptors (Lipinski definition) is 2. The van der Waals surface area contributed by atoms with Gasteiger partial charge in [-0.1, -0.05) is 13.8 Å². The van der Waals surface area contributed by atoms with Gasteiger partial charge in [0, 0.05) is 12.6 Å². The van der Waals surface area contributed by atoms with E-state index in [1.54, 1.807) is 6.07 Å². The molecule has 0 amide bonds. The zero-order chi connectivity index (χ0) is 12.1. The fourth-order valence-corrected chi connectivity index (χ4v) is 1.50. The second kappa shape index (κ2) is 5.68. The first kappa shape index (κ1) is 12.7. The summed E-state index contributed by atoms with van der Waals surface area (Å²) in [5, 5.41) is 0. The third kappa shape index (κ3) is 2.62. The van der Waals surface area contributed by atoms with Crippen LogP contribution in [0.3, 0.4) is 0 Å². The summed E-state index contributed by atoms with van der Waals surface area (Å²) in [4.78, 5) is 1.92. The first-order chi connectivity index (χ1) is 7.68. The number of likely N-dealkylation sites (N-methyl/N-ethyl adjacent to an activating group) is 1. The van der Waals surface area contributed by atoms with Gasteiger partial charge in [-0.25, -0.2) is 8.78 Å². The van der Waals surface area contributed by atoms with Gasteiger partial charge in [0.1, 0.15) is 12.4 Å². The summed E-state index contributed by atoms with van der Waals surface area (Å²) in [5.41, 5.74) is 0.787. The van der Waals surface area contributed by atoms with Crippen molar-refractivity contribution in [2.45, 2.75) is 20.3 Å². The number of halogens is 2. The van der Waals surface area contributed by atoms with Crippen molar-refractivity contribution in [1.29, 1.82) is 0 Å². The monoisotopic (exact) mass is 229 g/mol. The number of ether oxygens (including phenoxy) is 1. The molecule has 16 heavy (non-hydrogen) atoms. The SMILES string of the molecule is CC.CN1CCOc2ccc(C(F)F)cc21. The number of nitrogens with zero attached hydrogens (tertiary/aromatic N) is 1. The minimum Gasteiger partial charge on any atom is -0.490 e. The van der Waals surface area contributed by atoms with Gasteiger partial charge in [-0.05, 0) is 18.2 Å². The fraction of sp³-hybridized carbons (Fsp3) is 0.500. The lowest BCUT2D eigenvalue weighted by atomic mass is 10.1. The number of fused-ring (bicyclic) bond motifs is 1. The number of rotatable bonds is 1. The highest BCUT2D eigenvalue weighted by Gasteiger charge is 2.17. The molecule has 0 radical (unpaired) electrons. The van der Waals surface area contributed by atoms with E-state index >= 15 is 0 Å². The van der Waals surface area contributed by atoms with E-state index in [0.29, 0.717) is 12.4 Å². The van der Waals surface area contributed by atoms with Crippen molar-refractivity contribution in [3.05, 3.63) is 23.8 Å². The van der Waals surface area contributed by atoms with Crippen molar-refractivity contribution in [3.63, 3.8) is 0 Å². The van der Waals surface area contributed by atoms with Gasteiger partial charge >= 0.3 is 0 Å². The van der Waals surface area contributed by atoms with Crippen LogP contribution in [0, 0.1) is 0 Å². The molecule has 0 aromatic heterocycles. The van der Waals surface area contributed by atoms with E-state index < -0.39 is 6.43 Å². The molecule has 0 N–H and O–H groups in total. The van der Waals surface area contributed by atoms with E-state index in [1.807, 2.05) is 25.8 Å². The molecule has 0 unspecified atom stereocenters. The van der Waals surface area contributed by atoms with Crippen molar-refractivity contribution in [2.24, 2.45) is 0 Å². The zero-order valence-electron chi connectivity index (χ0n) is 9.84. The number of alkyl halides is 2. The van der Waals surface area contributed by atoms with Gasteiger partial charge in [-0.15, -0.1) is 0 Å². The fourth-order valence-electron chi connectivity index (χ4n) is 1.50. The summed E-state index contributed by atoms with van der Waals surface area (Å²) in [6.07, 6.45) is -2.42. The van der Waals surface area contributed by atoms with E-state index in [2.05, 4.69) is 0 Å². The van der Waals surface area contributed by atoms with Crippen molar-refractivity contribution < 1.29 is 13.5 Å². The number of hydrogen-bond donors (Lipinski definition) is 0. The highest BCUT2D eigenvalue weighted by molar-refractivity contribution is 5.61. The Bertz CT molecular complexity index is 342. The van der Waals surface area contributed by atoms with Crippen LogP contribution in [0.25, 0.3) is 0 Å². The van der Waals surface area contributed by atoms with Crippen LogP contribution in [-0.2, 0) is 0 Å². The maximum absolute atomic E-state index is 12.4. The van der Waals surface area contributed by atoms with Crippen molar-refractivity contribution >= 4 is 5.69 Å². The molecule has 1 aromatic rings. The van der Waals surface area contributed by atoms with Crippen LogP contribution in [0.4, 0.5) is 14.5 Å². The Morgan fingerprint density at radius 1 is 1.31 bits per heavy atom. The van der Waals surface area contributed by atoms with E-state index in [1.165, 1.54) is 12.1 Å². The van der Waals surface area contributed by atoms with Crippen LogP contribution in [0.5, 0.6) is 5.75 Å². The minimum atomic E-state index is -2.42. The lowest BCUT2D eigenvalue weighted by Gasteiger charge is -2.28. The largest absolute Gasteiger partial charge is 0.490 e. The second-order valence-corrected chi connectivity index (χ2v) is 3.30. The van der Waals surface area contributed by atoms with E-state index in [-0.39, 0.29) is 5.56 Å². The van der Waals surface area contributed by atoms with Gasteiger partial charge in [-0.3, -0.25) is 0 Å². The lowest BCUT2D eigenvalue weighted by Crippen LogP contribution is -2.28. The molecule has 0 saturated carbocycles. The molecule has 1 aromatic carbocycles. The molecule has 4 heteroatoms. The Kier molecular flexibility index (Phi) is 4.52. The average molecular weight is 229 g/mol. The maximum atomic E-state index is 12.4. The molecule has 1 heterocycles. The molecule has 0 fully saturated rings. The Labute approximate surface area is 94.8 Å². The van der Waals surface area contributed by atoms with Gasteiger partial charge < -0.3 is 9.64 Å². The van der Waals surface area contributed by atoms with E-state index in [9.17, 15) is 8.78 Å². The van der Waals surface area contributed by atoms with Crippen molar-refractivity contribution in [3.8, 4) is 5.75 Å². The van der Waals surface area contributed by atoms with Gasteiger partial charge in [-0.2, -0.15) is 0 Å².